The summed E-state index contributed by atoms with van der Waals surface area (Å²) in [4.78, 5) is 15.3. The molecule has 1 amide bonds. The highest BCUT2D eigenvalue weighted by Crippen LogP contribution is 2.28. The molecule has 2 heterocycles. The molecule has 0 bridgehead atoms. The third kappa shape index (κ3) is 4.26. The molecule has 0 radical (unpaired) electrons. The van der Waals surface area contributed by atoms with Crippen LogP contribution in [0.4, 0.5) is 11.4 Å². The molecule has 2 unspecified atom stereocenters. The van der Waals surface area contributed by atoms with Gasteiger partial charge in [-0.3, -0.25) is 10.2 Å². The van der Waals surface area contributed by atoms with Gasteiger partial charge >= 0.3 is 0 Å². The van der Waals surface area contributed by atoms with Crippen LogP contribution in [0.1, 0.15) is 30.9 Å². The number of hydrogen-bond acceptors (Lipinski definition) is 4. The highest BCUT2D eigenvalue weighted by molar-refractivity contribution is 6.30. The Kier molecular flexibility index (Phi) is 5.62. The van der Waals surface area contributed by atoms with E-state index in [4.69, 9.17) is 11.6 Å². The average molecular weight is 385 g/mol. The van der Waals surface area contributed by atoms with Gasteiger partial charge in [-0.25, -0.2) is 5.43 Å². The summed E-state index contributed by atoms with van der Waals surface area (Å²) in [5.74, 6) is -0.173. The highest BCUT2D eigenvalue weighted by atomic mass is 35.5. The van der Waals surface area contributed by atoms with E-state index in [1.165, 1.54) is 24.9 Å². The highest BCUT2D eigenvalue weighted by Gasteiger charge is 2.34. The van der Waals surface area contributed by atoms with Crippen LogP contribution in [0.2, 0.25) is 5.02 Å². The van der Waals surface area contributed by atoms with Crippen molar-refractivity contribution in [3.8, 4) is 0 Å². The number of rotatable bonds is 4. The van der Waals surface area contributed by atoms with Gasteiger partial charge in [-0.1, -0.05) is 29.8 Å². The summed E-state index contributed by atoms with van der Waals surface area (Å²) in [5.41, 5.74) is 9.41. The summed E-state index contributed by atoms with van der Waals surface area (Å²) in [7, 11) is 0. The van der Waals surface area contributed by atoms with Crippen molar-refractivity contribution in [1.82, 2.24) is 10.9 Å². The van der Waals surface area contributed by atoms with Gasteiger partial charge in [0.25, 0.3) is 0 Å². The number of nitrogens with one attached hydrogen (secondary N) is 3. The molecule has 2 saturated heterocycles. The number of carbonyl (C=O) groups is 1. The van der Waals surface area contributed by atoms with E-state index in [2.05, 4.69) is 33.2 Å². The van der Waals surface area contributed by atoms with E-state index in [0.29, 0.717) is 11.6 Å². The predicted octanol–water partition coefficient (Wildman–Crippen LogP) is 3.73. The number of carbonyl (C=O) groups excluding carboxylic acids is 1. The van der Waals surface area contributed by atoms with Gasteiger partial charge in [-0.2, -0.15) is 0 Å². The molecule has 0 spiro atoms. The average Bonchev–Trinajstić information content (AvgIpc) is 3.19. The van der Waals surface area contributed by atoms with Crippen LogP contribution in [-0.4, -0.2) is 25.5 Å². The van der Waals surface area contributed by atoms with Crippen LogP contribution in [0.25, 0.3) is 0 Å². The topological polar surface area (TPSA) is 56.4 Å². The van der Waals surface area contributed by atoms with Gasteiger partial charge < -0.3 is 10.2 Å². The predicted molar refractivity (Wildman–Crippen MR) is 110 cm³/mol. The van der Waals surface area contributed by atoms with Crippen molar-refractivity contribution >= 4 is 28.9 Å². The normalized spacial score (nSPS) is 22.6. The number of hydrogen-bond donors (Lipinski definition) is 3. The van der Waals surface area contributed by atoms with Crippen LogP contribution >= 0.6 is 11.6 Å². The molecule has 5 nitrogen and oxygen atoms in total. The number of piperidine rings is 1. The zero-order valence-electron chi connectivity index (χ0n) is 15.2. The van der Waals surface area contributed by atoms with Crippen molar-refractivity contribution in [2.45, 2.75) is 25.3 Å². The Morgan fingerprint density at radius 3 is 2.63 bits per heavy atom. The minimum Gasteiger partial charge on any atom is -0.371 e. The lowest BCUT2D eigenvalue weighted by Gasteiger charge is -2.29. The first-order valence-electron chi connectivity index (χ1n) is 9.60. The molecule has 2 fully saturated rings. The first-order chi connectivity index (χ1) is 13.2. The summed E-state index contributed by atoms with van der Waals surface area (Å²) < 4.78 is 0. The van der Waals surface area contributed by atoms with Gasteiger partial charge in [0, 0.05) is 36.0 Å². The lowest BCUT2D eigenvalue weighted by Crippen LogP contribution is -2.30. The number of benzene rings is 2. The van der Waals surface area contributed by atoms with Crippen LogP contribution in [0.5, 0.6) is 0 Å². The van der Waals surface area contributed by atoms with E-state index >= 15 is 0 Å². The van der Waals surface area contributed by atoms with E-state index in [1.54, 1.807) is 0 Å². The quantitative estimate of drug-likeness (QED) is 0.751. The molecule has 2 aliphatic rings. The summed E-state index contributed by atoms with van der Waals surface area (Å²) >= 11 is 5.98. The zero-order chi connectivity index (χ0) is 18.6. The zero-order valence-corrected chi connectivity index (χ0v) is 16.0. The molecule has 6 heteroatoms. The van der Waals surface area contributed by atoms with Crippen LogP contribution in [0.3, 0.4) is 0 Å². The second-order valence-corrected chi connectivity index (χ2v) is 7.68. The molecule has 2 aliphatic heterocycles. The molecule has 0 aliphatic carbocycles. The van der Waals surface area contributed by atoms with Crippen molar-refractivity contribution in [2.24, 2.45) is 5.92 Å². The van der Waals surface area contributed by atoms with E-state index in [0.717, 1.165) is 24.3 Å². The lowest BCUT2D eigenvalue weighted by molar-refractivity contribution is -0.119. The first kappa shape index (κ1) is 18.3. The van der Waals surface area contributed by atoms with E-state index < -0.39 is 0 Å². The molecule has 2 atom stereocenters. The van der Waals surface area contributed by atoms with Crippen molar-refractivity contribution < 1.29 is 4.79 Å². The fraction of sp³-hybridized carbons (Fsp3) is 0.381. The number of halogens is 1. The summed E-state index contributed by atoms with van der Waals surface area (Å²) in [5, 5.41) is 3.80. The Labute approximate surface area is 165 Å². The number of anilines is 2. The largest absolute Gasteiger partial charge is 0.371 e. The van der Waals surface area contributed by atoms with Crippen molar-refractivity contribution in [2.75, 3.05) is 29.9 Å². The van der Waals surface area contributed by atoms with Crippen LogP contribution < -0.4 is 21.1 Å². The van der Waals surface area contributed by atoms with Crippen molar-refractivity contribution in [1.29, 1.82) is 0 Å². The Morgan fingerprint density at radius 2 is 1.85 bits per heavy atom. The second kappa shape index (κ2) is 8.30. The minimum atomic E-state index is -0.190. The third-order valence-electron chi connectivity index (χ3n) is 5.38. The van der Waals surface area contributed by atoms with E-state index in [-0.39, 0.29) is 17.9 Å². The molecule has 27 heavy (non-hydrogen) atoms. The molecular formula is C21H25ClN4O. The maximum atomic E-state index is 12.9. The summed E-state index contributed by atoms with van der Waals surface area (Å²) in [6.07, 6.45) is 3.78. The van der Waals surface area contributed by atoms with Gasteiger partial charge in [-0.15, -0.1) is 0 Å². The standard InChI is InChI=1S/C21H25ClN4O/c22-16-9-7-15(8-10-16)20-19(14-23-25-20)21(27)24-17-5-4-6-18(13-17)26-11-2-1-3-12-26/h4-10,13,19-20,23,25H,1-3,11-12,14H2,(H,24,27). The molecular weight excluding hydrogens is 360 g/mol. The Bertz CT molecular complexity index is 789. The second-order valence-electron chi connectivity index (χ2n) is 7.25. The summed E-state index contributed by atoms with van der Waals surface area (Å²) in [6, 6.07) is 15.7. The maximum Gasteiger partial charge on any atom is 0.230 e. The first-order valence-corrected chi connectivity index (χ1v) is 9.98. The molecule has 142 valence electrons. The molecule has 2 aromatic rings. The summed E-state index contributed by atoms with van der Waals surface area (Å²) in [6.45, 7) is 2.77. The number of nitrogens with zero attached hydrogens (tertiary/aromatic N) is 1. The van der Waals surface area contributed by atoms with Crippen LogP contribution in [0, 0.1) is 5.92 Å². The van der Waals surface area contributed by atoms with Gasteiger partial charge in [0.05, 0.1) is 12.0 Å². The minimum absolute atomic E-state index is 0.0169. The Balaban J connectivity index is 1.46. The smallest absolute Gasteiger partial charge is 0.230 e. The molecule has 3 N–H and O–H groups in total. The van der Waals surface area contributed by atoms with Crippen LogP contribution in [0.15, 0.2) is 48.5 Å². The Hall–Kier alpha value is -2.08. The number of hydrazine groups is 1. The van der Waals surface area contributed by atoms with Gasteiger partial charge in [0.1, 0.15) is 0 Å². The van der Waals surface area contributed by atoms with Gasteiger partial charge in [0.2, 0.25) is 5.91 Å². The Morgan fingerprint density at radius 1 is 1.07 bits per heavy atom. The van der Waals surface area contributed by atoms with Crippen LogP contribution in [-0.2, 0) is 4.79 Å². The van der Waals surface area contributed by atoms with Gasteiger partial charge in [-0.05, 0) is 55.2 Å². The number of amides is 1. The molecule has 0 aromatic heterocycles. The van der Waals surface area contributed by atoms with Crippen molar-refractivity contribution in [3.05, 3.63) is 59.1 Å². The van der Waals surface area contributed by atoms with Gasteiger partial charge in [0.15, 0.2) is 0 Å². The maximum absolute atomic E-state index is 12.9. The SMILES string of the molecule is O=C(Nc1cccc(N2CCCCC2)c1)C1CNNC1c1ccc(Cl)cc1. The van der Waals surface area contributed by atoms with E-state index in [1.807, 2.05) is 36.4 Å². The molecule has 0 saturated carbocycles. The fourth-order valence-electron chi connectivity index (χ4n) is 3.89. The molecule has 4 rings (SSSR count). The molecule has 2 aromatic carbocycles. The fourth-order valence-corrected chi connectivity index (χ4v) is 4.02. The third-order valence-corrected chi connectivity index (χ3v) is 5.63. The van der Waals surface area contributed by atoms with E-state index in [9.17, 15) is 4.79 Å². The lowest BCUT2D eigenvalue weighted by atomic mass is 9.94. The monoisotopic (exact) mass is 384 g/mol. The van der Waals surface area contributed by atoms with Crippen molar-refractivity contribution in [3.63, 3.8) is 0 Å².